The van der Waals surface area contributed by atoms with Crippen molar-refractivity contribution < 1.29 is 14.1 Å². The lowest BCUT2D eigenvalue weighted by molar-refractivity contribution is -0.117. The van der Waals surface area contributed by atoms with Gasteiger partial charge in [-0.1, -0.05) is 23.4 Å². The summed E-state index contributed by atoms with van der Waals surface area (Å²) in [5.74, 6) is 0.375. The van der Waals surface area contributed by atoms with E-state index < -0.39 is 6.04 Å². The molecule has 134 valence electrons. The van der Waals surface area contributed by atoms with Gasteiger partial charge in [0.25, 0.3) is 5.91 Å². The SMILES string of the molecule is Cc1nc(-c2cc(NC(=O)[C@@H](C)NC(=O)c3ccccc3)c(C)s2)no1. The molecule has 0 unspecified atom stereocenters. The normalized spacial score (nSPS) is 11.8. The Balaban J connectivity index is 1.66. The molecule has 0 saturated carbocycles. The Morgan fingerprint density at radius 3 is 2.58 bits per heavy atom. The maximum atomic E-state index is 12.4. The second kappa shape index (κ2) is 7.49. The summed E-state index contributed by atoms with van der Waals surface area (Å²) >= 11 is 1.46. The number of benzene rings is 1. The van der Waals surface area contributed by atoms with Crippen LogP contribution in [0.15, 0.2) is 40.9 Å². The molecule has 2 aromatic heterocycles. The average molecular weight is 370 g/mol. The molecule has 26 heavy (non-hydrogen) atoms. The van der Waals surface area contributed by atoms with Gasteiger partial charge in [0.05, 0.1) is 10.6 Å². The van der Waals surface area contributed by atoms with Crippen molar-refractivity contribution in [2.45, 2.75) is 26.8 Å². The molecule has 2 amide bonds. The number of aryl methyl sites for hydroxylation is 2. The van der Waals surface area contributed by atoms with Crippen LogP contribution < -0.4 is 10.6 Å². The van der Waals surface area contributed by atoms with Gasteiger partial charge in [0.1, 0.15) is 6.04 Å². The van der Waals surface area contributed by atoms with Crippen LogP contribution in [0.2, 0.25) is 0 Å². The maximum absolute atomic E-state index is 12.4. The van der Waals surface area contributed by atoms with E-state index in [1.807, 2.05) is 13.0 Å². The number of hydrogen-bond donors (Lipinski definition) is 2. The number of anilines is 1. The fourth-order valence-corrected chi connectivity index (χ4v) is 3.19. The molecule has 3 rings (SSSR count). The van der Waals surface area contributed by atoms with Crippen molar-refractivity contribution in [2.75, 3.05) is 5.32 Å². The molecule has 2 heterocycles. The van der Waals surface area contributed by atoms with Crippen molar-refractivity contribution >= 4 is 28.8 Å². The molecule has 1 atom stereocenters. The third-order valence-electron chi connectivity index (χ3n) is 3.70. The van der Waals surface area contributed by atoms with E-state index in [2.05, 4.69) is 20.8 Å². The number of amides is 2. The molecular formula is C18H18N4O3S. The number of nitrogens with zero attached hydrogens (tertiary/aromatic N) is 2. The molecule has 0 fully saturated rings. The first-order valence-corrected chi connectivity index (χ1v) is 8.83. The summed E-state index contributed by atoms with van der Waals surface area (Å²) < 4.78 is 4.98. The topological polar surface area (TPSA) is 97.1 Å². The largest absolute Gasteiger partial charge is 0.341 e. The van der Waals surface area contributed by atoms with Gasteiger partial charge in [-0.25, -0.2) is 0 Å². The Bertz CT molecular complexity index is 933. The lowest BCUT2D eigenvalue weighted by Gasteiger charge is -2.14. The highest BCUT2D eigenvalue weighted by molar-refractivity contribution is 7.16. The van der Waals surface area contributed by atoms with E-state index >= 15 is 0 Å². The van der Waals surface area contributed by atoms with Crippen molar-refractivity contribution in [1.82, 2.24) is 15.5 Å². The Labute approximate surface area is 154 Å². The Morgan fingerprint density at radius 1 is 1.19 bits per heavy atom. The zero-order valence-electron chi connectivity index (χ0n) is 14.6. The molecule has 0 bridgehead atoms. The second-order valence-electron chi connectivity index (χ2n) is 5.77. The first-order valence-electron chi connectivity index (χ1n) is 8.02. The maximum Gasteiger partial charge on any atom is 0.251 e. The van der Waals surface area contributed by atoms with Gasteiger partial charge in [0.2, 0.25) is 17.6 Å². The highest BCUT2D eigenvalue weighted by Crippen LogP contribution is 2.32. The molecule has 1 aromatic carbocycles. The minimum Gasteiger partial charge on any atom is -0.341 e. The highest BCUT2D eigenvalue weighted by Gasteiger charge is 2.19. The van der Waals surface area contributed by atoms with Crippen molar-refractivity contribution in [3.8, 4) is 10.7 Å². The van der Waals surface area contributed by atoms with Crippen LogP contribution >= 0.6 is 11.3 Å². The van der Waals surface area contributed by atoms with Gasteiger partial charge in [0.15, 0.2) is 0 Å². The Morgan fingerprint density at radius 2 is 1.92 bits per heavy atom. The number of carbonyl (C=O) groups excluding carboxylic acids is 2. The van der Waals surface area contributed by atoms with Gasteiger partial charge in [-0.2, -0.15) is 4.98 Å². The lowest BCUT2D eigenvalue weighted by Crippen LogP contribution is -2.41. The monoisotopic (exact) mass is 370 g/mol. The molecule has 7 nitrogen and oxygen atoms in total. The number of rotatable bonds is 5. The van der Waals surface area contributed by atoms with E-state index in [9.17, 15) is 9.59 Å². The molecule has 0 spiro atoms. The first-order chi connectivity index (χ1) is 12.4. The fraction of sp³-hybridized carbons (Fsp3) is 0.222. The van der Waals surface area contributed by atoms with Crippen LogP contribution in [-0.4, -0.2) is 28.0 Å². The van der Waals surface area contributed by atoms with Gasteiger partial charge in [-0.3, -0.25) is 9.59 Å². The van der Waals surface area contributed by atoms with Crippen molar-refractivity contribution in [2.24, 2.45) is 0 Å². The van der Waals surface area contributed by atoms with Crippen molar-refractivity contribution in [3.05, 3.63) is 52.7 Å². The quantitative estimate of drug-likeness (QED) is 0.719. The molecule has 3 aromatic rings. The van der Waals surface area contributed by atoms with Gasteiger partial charge in [-0.15, -0.1) is 11.3 Å². The summed E-state index contributed by atoms with van der Waals surface area (Å²) in [6.07, 6.45) is 0. The predicted octanol–water partition coefficient (Wildman–Crippen LogP) is 3.17. The molecule has 0 aliphatic carbocycles. The van der Waals surface area contributed by atoms with Crippen LogP contribution in [0.25, 0.3) is 10.7 Å². The number of aromatic nitrogens is 2. The van der Waals surface area contributed by atoms with E-state index in [0.717, 1.165) is 9.75 Å². The molecule has 0 aliphatic heterocycles. The molecule has 0 saturated heterocycles. The van der Waals surface area contributed by atoms with Gasteiger partial charge in [-0.05, 0) is 32.0 Å². The van der Waals surface area contributed by atoms with E-state index in [4.69, 9.17) is 4.52 Å². The van der Waals surface area contributed by atoms with Crippen molar-refractivity contribution in [1.29, 1.82) is 0 Å². The average Bonchev–Trinajstić information content (AvgIpc) is 3.21. The fourth-order valence-electron chi connectivity index (χ4n) is 2.29. The van der Waals surface area contributed by atoms with Gasteiger partial charge >= 0.3 is 0 Å². The second-order valence-corrected chi connectivity index (χ2v) is 7.02. The van der Waals surface area contributed by atoms with Gasteiger partial charge < -0.3 is 15.2 Å². The predicted molar refractivity (Wildman–Crippen MR) is 99.1 cm³/mol. The van der Waals surface area contributed by atoms with E-state index in [0.29, 0.717) is 23.0 Å². The summed E-state index contributed by atoms with van der Waals surface area (Å²) in [4.78, 5) is 30.5. The van der Waals surface area contributed by atoms with Crippen LogP contribution in [0.5, 0.6) is 0 Å². The molecule has 0 aliphatic rings. The summed E-state index contributed by atoms with van der Waals surface area (Å²) in [5.41, 5.74) is 1.17. The number of nitrogens with one attached hydrogen (secondary N) is 2. The zero-order valence-corrected chi connectivity index (χ0v) is 15.4. The molecule has 0 radical (unpaired) electrons. The first kappa shape index (κ1) is 17.8. The minimum atomic E-state index is -0.683. The highest BCUT2D eigenvalue weighted by atomic mass is 32.1. The summed E-state index contributed by atoms with van der Waals surface area (Å²) in [5, 5.41) is 9.41. The molecule has 2 N–H and O–H groups in total. The lowest BCUT2D eigenvalue weighted by atomic mass is 10.2. The summed E-state index contributed by atoms with van der Waals surface area (Å²) in [6, 6.07) is 9.89. The number of carbonyl (C=O) groups is 2. The van der Waals surface area contributed by atoms with Crippen molar-refractivity contribution in [3.63, 3.8) is 0 Å². The molecule has 8 heteroatoms. The molecular weight excluding hydrogens is 352 g/mol. The Hall–Kier alpha value is -3.00. The van der Waals surface area contributed by atoms with Crippen LogP contribution in [-0.2, 0) is 4.79 Å². The van der Waals surface area contributed by atoms with E-state index in [1.54, 1.807) is 44.2 Å². The third kappa shape index (κ3) is 3.97. The van der Waals surface area contributed by atoms with Crippen LogP contribution in [0, 0.1) is 13.8 Å². The van der Waals surface area contributed by atoms with Crippen LogP contribution in [0.3, 0.4) is 0 Å². The minimum absolute atomic E-state index is 0.293. The standard InChI is InChI=1S/C18H18N4O3S/c1-10(19-18(24)13-7-5-4-6-8-13)17(23)21-14-9-15(26-11(14)2)16-20-12(3)25-22-16/h4-10H,1-3H3,(H,19,24)(H,21,23)/t10-/m1/s1. The summed E-state index contributed by atoms with van der Waals surface area (Å²) in [6.45, 7) is 5.25. The van der Waals surface area contributed by atoms with E-state index in [1.165, 1.54) is 11.3 Å². The van der Waals surface area contributed by atoms with Crippen LogP contribution in [0.4, 0.5) is 5.69 Å². The zero-order chi connectivity index (χ0) is 18.7. The smallest absolute Gasteiger partial charge is 0.251 e. The number of hydrogen-bond acceptors (Lipinski definition) is 6. The third-order valence-corrected chi connectivity index (χ3v) is 4.75. The van der Waals surface area contributed by atoms with E-state index in [-0.39, 0.29) is 11.8 Å². The van der Waals surface area contributed by atoms with Gasteiger partial charge in [0, 0.05) is 17.4 Å². The summed E-state index contributed by atoms with van der Waals surface area (Å²) in [7, 11) is 0. The Kier molecular flexibility index (Phi) is 5.13. The number of thiophene rings is 1. The van der Waals surface area contributed by atoms with Crippen LogP contribution in [0.1, 0.15) is 28.0 Å².